The highest BCUT2D eigenvalue weighted by atomic mass is 16.6. The lowest BCUT2D eigenvalue weighted by Gasteiger charge is -2.19. The van der Waals surface area contributed by atoms with Gasteiger partial charge >= 0.3 is 5.97 Å². The first kappa shape index (κ1) is 18.6. The zero-order valence-electron chi connectivity index (χ0n) is 11.7. The van der Waals surface area contributed by atoms with Gasteiger partial charge in [-0.05, 0) is 0 Å². The lowest BCUT2D eigenvalue weighted by Crippen LogP contribution is -2.33. The summed E-state index contributed by atoms with van der Waals surface area (Å²) in [6.45, 7) is -2.75. The van der Waals surface area contributed by atoms with Gasteiger partial charge in [-0.1, -0.05) is 0 Å². The molecule has 0 saturated carbocycles. The summed E-state index contributed by atoms with van der Waals surface area (Å²) in [5, 5.41) is 54.5. The lowest BCUT2D eigenvalue weighted by atomic mass is 10.2. The maximum atomic E-state index is 11.7. The SMILES string of the molecule is O=C1OC(C(O)CO)C(OCC(O)CO)=C1OCC(O)CO. The summed E-state index contributed by atoms with van der Waals surface area (Å²) in [5.41, 5.74) is 0. The third kappa shape index (κ3) is 4.80. The number of aliphatic hydroxyl groups is 6. The Kier molecular flexibility index (Phi) is 7.51. The molecule has 10 nitrogen and oxygen atoms in total. The predicted octanol–water partition coefficient (Wildman–Crippen LogP) is -3.78. The largest absolute Gasteiger partial charge is 0.487 e. The number of cyclic esters (lactones) is 1. The van der Waals surface area contributed by atoms with Crippen molar-refractivity contribution in [3.63, 3.8) is 0 Å². The maximum Gasteiger partial charge on any atom is 0.378 e. The van der Waals surface area contributed by atoms with E-state index in [-0.39, 0.29) is 5.76 Å². The Morgan fingerprint density at radius 1 is 0.955 bits per heavy atom. The van der Waals surface area contributed by atoms with Gasteiger partial charge in [0.2, 0.25) is 5.76 Å². The zero-order valence-corrected chi connectivity index (χ0v) is 11.7. The van der Waals surface area contributed by atoms with Gasteiger partial charge < -0.3 is 44.8 Å². The summed E-state index contributed by atoms with van der Waals surface area (Å²) in [7, 11) is 0. The molecule has 4 unspecified atom stereocenters. The van der Waals surface area contributed by atoms with Crippen LogP contribution in [0.3, 0.4) is 0 Å². The molecule has 1 aliphatic heterocycles. The molecular weight excluding hydrogens is 304 g/mol. The second-order valence-electron chi connectivity index (χ2n) is 4.56. The molecule has 128 valence electrons. The maximum absolute atomic E-state index is 11.7. The number of hydrogen-bond donors (Lipinski definition) is 6. The van der Waals surface area contributed by atoms with Crippen molar-refractivity contribution in [2.45, 2.75) is 24.4 Å². The van der Waals surface area contributed by atoms with Gasteiger partial charge in [0.15, 0.2) is 11.9 Å². The summed E-state index contributed by atoms with van der Waals surface area (Å²) in [6, 6.07) is 0. The molecule has 0 saturated heterocycles. The van der Waals surface area contributed by atoms with Gasteiger partial charge in [-0.25, -0.2) is 4.79 Å². The summed E-state index contributed by atoms with van der Waals surface area (Å²) < 4.78 is 14.9. The Morgan fingerprint density at radius 2 is 1.50 bits per heavy atom. The van der Waals surface area contributed by atoms with Crippen LogP contribution in [-0.2, 0) is 19.0 Å². The van der Waals surface area contributed by atoms with Crippen LogP contribution in [0.1, 0.15) is 0 Å². The molecule has 0 spiro atoms. The molecule has 0 aromatic heterocycles. The van der Waals surface area contributed by atoms with E-state index < -0.39 is 69.2 Å². The summed E-state index contributed by atoms with van der Waals surface area (Å²) in [6.07, 6.45) is -5.30. The molecule has 0 aromatic carbocycles. The lowest BCUT2D eigenvalue weighted by molar-refractivity contribution is -0.149. The average Bonchev–Trinajstić information content (AvgIpc) is 2.85. The zero-order chi connectivity index (χ0) is 16.7. The van der Waals surface area contributed by atoms with Gasteiger partial charge in [-0.15, -0.1) is 0 Å². The number of carbonyl (C=O) groups excluding carboxylic acids is 1. The van der Waals surface area contributed by atoms with E-state index in [4.69, 9.17) is 29.5 Å². The van der Waals surface area contributed by atoms with E-state index in [2.05, 4.69) is 0 Å². The van der Waals surface area contributed by atoms with Crippen molar-refractivity contribution in [2.24, 2.45) is 0 Å². The molecule has 0 aliphatic carbocycles. The van der Waals surface area contributed by atoms with Gasteiger partial charge in [0.05, 0.1) is 19.8 Å². The molecule has 0 fully saturated rings. The average molecular weight is 324 g/mol. The molecule has 1 heterocycles. The van der Waals surface area contributed by atoms with Crippen LogP contribution in [0.2, 0.25) is 0 Å². The van der Waals surface area contributed by atoms with E-state index in [1.165, 1.54) is 0 Å². The standard InChI is InChI=1S/C12H20O10/c13-1-6(16)4-20-10-9(8(18)3-15)22-12(19)11(10)21-5-7(17)2-14/h6-9,13-18H,1-5H2. The fourth-order valence-corrected chi connectivity index (χ4v) is 1.55. The van der Waals surface area contributed by atoms with Gasteiger partial charge in [-0.2, -0.15) is 0 Å². The Bertz CT molecular complexity index is 395. The van der Waals surface area contributed by atoms with E-state index in [1.54, 1.807) is 0 Å². The minimum absolute atomic E-state index is 0.274. The second kappa shape index (κ2) is 8.88. The normalized spacial score (nSPS) is 22.3. The first-order valence-corrected chi connectivity index (χ1v) is 6.52. The molecule has 0 bridgehead atoms. The monoisotopic (exact) mass is 324 g/mol. The number of rotatable bonds is 10. The van der Waals surface area contributed by atoms with Crippen molar-refractivity contribution < 1.29 is 49.6 Å². The number of hydrogen-bond acceptors (Lipinski definition) is 10. The van der Waals surface area contributed by atoms with E-state index in [0.29, 0.717) is 0 Å². The second-order valence-corrected chi connectivity index (χ2v) is 4.56. The van der Waals surface area contributed by atoms with Crippen molar-refractivity contribution in [3.8, 4) is 0 Å². The molecule has 10 heteroatoms. The third-order valence-corrected chi connectivity index (χ3v) is 2.71. The smallest absolute Gasteiger partial charge is 0.378 e. The molecule has 0 aromatic rings. The highest BCUT2D eigenvalue weighted by molar-refractivity contribution is 5.89. The highest BCUT2D eigenvalue weighted by Crippen LogP contribution is 2.27. The molecule has 6 N–H and O–H groups in total. The van der Waals surface area contributed by atoms with Crippen molar-refractivity contribution in [1.29, 1.82) is 0 Å². The van der Waals surface area contributed by atoms with Gasteiger partial charge in [0.1, 0.15) is 31.5 Å². The Balaban J connectivity index is 2.88. The highest BCUT2D eigenvalue weighted by Gasteiger charge is 2.42. The summed E-state index contributed by atoms with van der Waals surface area (Å²) in [5.74, 6) is -1.71. The first-order valence-electron chi connectivity index (χ1n) is 6.52. The van der Waals surface area contributed by atoms with Crippen molar-refractivity contribution in [1.82, 2.24) is 0 Å². The first-order chi connectivity index (χ1) is 10.4. The minimum atomic E-state index is -1.48. The fraction of sp³-hybridized carbons (Fsp3) is 0.750. The van der Waals surface area contributed by atoms with Crippen LogP contribution in [0.25, 0.3) is 0 Å². The van der Waals surface area contributed by atoms with Crippen molar-refractivity contribution in [3.05, 3.63) is 11.5 Å². The third-order valence-electron chi connectivity index (χ3n) is 2.71. The van der Waals surface area contributed by atoms with Crippen LogP contribution in [0, 0.1) is 0 Å². The topological polar surface area (TPSA) is 166 Å². The molecular formula is C12H20O10. The van der Waals surface area contributed by atoms with Crippen LogP contribution in [0.4, 0.5) is 0 Å². The molecule has 1 aliphatic rings. The minimum Gasteiger partial charge on any atom is -0.487 e. The van der Waals surface area contributed by atoms with Gasteiger partial charge in [0, 0.05) is 0 Å². The van der Waals surface area contributed by atoms with E-state index in [9.17, 15) is 20.1 Å². The van der Waals surface area contributed by atoms with Gasteiger partial charge in [-0.3, -0.25) is 0 Å². The van der Waals surface area contributed by atoms with E-state index in [1.807, 2.05) is 0 Å². The van der Waals surface area contributed by atoms with Crippen LogP contribution >= 0.6 is 0 Å². The van der Waals surface area contributed by atoms with E-state index >= 15 is 0 Å². The summed E-state index contributed by atoms with van der Waals surface area (Å²) >= 11 is 0. The summed E-state index contributed by atoms with van der Waals surface area (Å²) in [4.78, 5) is 11.7. The van der Waals surface area contributed by atoms with Crippen LogP contribution in [0.15, 0.2) is 11.5 Å². The van der Waals surface area contributed by atoms with Crippen LogP contribution in [-0.4, -0.2) is 94.1 Å². The molecule has 22 heavy (non-hydrogen) atoms. The number of carbonyl (C=O) groups is 1. The number of esters is 1. The quantitative estimate of drug-likeness (QED) is 0.219. The predicted molar refractivity (Wildman–Crippen MR) is 68.1 cm³/mol. The molecule has 0 amide bonds. The van der Waals surface area contributed by atoms with Crippen LogP contribution in [0.5, 0.6) is 0 Å². The van der Waals surface area contributed by atoms with E-state index in [0.717, 1.165) is 0 Å². The fourth-order valence-electron chi connectivity index (χ4n) is 1.55. The van der Waals surface area contributed by atoms with Crippen molar-refractivity contribution in [2.75, 3.05) is 33.0 Å². The van der Waals surface area contributed by atoms with Crippen LogP contribution < -0.4 is 0 Å². The van der Waals surface area contributed by atoms with Gasteiger partial charge in [0.25, 0.3) is 0 Å². The molecule has 0 radical (unpaired) electrons. The number of ether oxygens (including phenoxy) is 3. The Morgan fingerprint density at radius 3 is 2.00 bits per heavy atom. The number of aliphatic hydroxyl groups excluding tert-OH is 6. The molecule has 4 atom stereocenters. The Hall–Kier alpha value is -1.43. The van der Waals surface area contributed by atoms with Crippen molar-refractivity contribution >= 4 is 5.97 Å². The molecule has 1 rings (SSSR count). The Labute approximate surface area is 125 Å².